The number of halogens is 4. The molecule has 90 valence electrons. The van der Waals surface area contributed by atoms with Gasteiger partial charge in [0.15, 0.2) is 0 Å². The van der Waals surface area contributed by atoms with Crippen LogP contribution in [0.3, 0.4) is 0 Å². The average molecular weight is 253 g/mol. The number of rotatable bonds is 3. The van der Waals surface area contributed by atoms with Gasteiger partial charge in [0.1, 0.15) is 5.69 Å². The van der Waals surface area contributed by atoms with Gasteiger partial charge in [-0.25, -0.2) is 0 Å². The summed E-state index contributed by atoms with van der Waals surface area (Å²) in [6.07, 6.45) is -1.21. The smallest absolute Gasteiger partial charge is 0.257 e. The van der Waals surface area contributed by atoms with Crippen molar-refractivity contribution in [1.82, 2.24) is 9.78 Å². The van der Waals surface area contributed by atoms with Gasteiger partial charge < -0.3 is 0 Å². The van der Waals surface area contributed by atoms with Gasteiger partial charge in [-0.1, -0.05) is 0 Å². The van der Waals surface area contributed by atoms with Gasteiger partial charge in [0.2, 0.25) is 0 Å². The van der Waals surface area contributed by atoms with E-state index in [9.17, 15) is 13.2 Å². The molecular formula is C10H12ClF3N2. The van der Waals surface area contributed by atoms with Gasteiger partial charge >= 0.3 is 6.18 Å². The fourth-order valence-electron chi connectivity index (χ4n) is 1.89. The molecule has 2 rings (SSSR count). The van der Waals surface area contributed by atoms with Gasteiger partial charge in [-0.15, -0.1) is 11.6 Å². The molecule has 1 fully saturated rings. The van der Waals surface area contributed by atoms with E-state index >= 15 is 0 Å². The molecular weight excluding hydrogens is 241 g/mol. The highest BCUT2D eigenvalue weighted by Gasteiger charge is 2.41. The molecule has 1 atom stereocenters. The zero-order valence-electron chi connectivity index (χ0n) is 8.76. The summed E-state index contributed by atoms with van der Waals surface area (Å²) in [6, 6.07) is -0.200. The van der Waals surface area contributed by atoms with Crippen LogP contribution in [0.1, 0.15) is 37.1 Å². The number of hydrogen-bond acceptors (Lipinski definition) is 1. The molecule has 2 nitrogen and oxygen atoms in total. The minimum atomic E-state index is -4.39. The summed E-state index contributed by atoms with van der Waals surface area (Å²) in [5, 5.41) is 3.83. The van der Waals surface area contributed by atoms with Crippen LogP contribution < -0.4 is 0 Å². The molecule has 1 heterocycles. The van der Waals surface area contributed by atoms with Crippen LogP contribution in [0.15, 0.2) is 6.20 Å². The van der Waals surface area contributed by atoms with Crippen molar-refractivity contribution >= 4 is 11.6 Å². The Bertz CT molecular complexity index is 382. The molecule has 0 saturated heterocycles. The molecule has 0 spiro atoms. The Morgan fingerprint density at radius 2 is 2.19 bits per heavy atom. The highest BCUT2D eigenvalue weighted by atomic mass is 35.5. The molecule has 0 bridgehead atoms. The first-order valence-corrected chi connectivity index (χ1v) is 5.68. The number of hydrogen-bond donors (Lipinski definition) is 0. The Hall–Kier alpha value is -0.710. The maximum Gasteiger partial charge on any atom is 0.433 e. The summed E-state index contributed by atoms with van der Waals surface area (Å²) in [4.78, 5) is 0. The number of nitrogens with zero attached hydrogens (tertiary/aromatic N) is 2. The van der Waals surface area contributed by atoms with Crippen molar-refractivity contribution in [2.75, 3.05) is 0 Å². The van der Waals surface area contributed by atoms with E-state index in [-0.39, 0.29) is 17.5 Å². The van der Waals surface area contributed by atoms with Crippen molar-refractivity contribution in [2.24, 2.45) is 5.92 Å². The Morgan fingerprint density at radius 3 is 2.62 bits per heavy atom. The first-order valence-electron chi connectivity index (χ1n) is 5.14. The first-order chi connectivity index (χ1) is 7.45. The van der Waals surface area contributed by atoms with E-state index in [0.717, 1.165) is 17.5 Å². The number of alkyl halides is 4. The zero-order chi connectivity index (χ0) is 11.9. The van der Waals surface area contributed by atoms with E-state index < -0.39 is 11.9 Å². The Labute approximate surface area is 96.4 Å². The first kappa shape index (κ1) is 11.8. The molecule has 1 aliphatic rings. The van der Waals surface area contributed by atoms with Crippen LogP contribution in [0.25, 0.3) is 0 Å². The van der Waals surface area contributed by atoms with Crippen LogP contribution in [-0.2, 0) is 12.1 Å². The topological polar surface area (TPSA) is 17.8 Å². The van der Waals surface area contributed by atoms with Crippen LogP contribution in [0, 0.1) is 5.92 Å². The molecule has 1 aromatic heterocycles. The predicted octanol–water partition coefficient (Wildman–Crippen LogP) is 3.61. The van der Waals surface area contributed by atoms with Crippen molar-refractivity contribution in [3.63, 3.8) is 0 Å². The Balaban J connectivity index is 2.40. The maximum atomic E-state index is 12.9. The molecule has 1 aromatic rings. The van der Waals surface area contributed by atoms with E-state index in [1.165, 1.54) is 6.20 Å². The Kier molecular flexibility index (Phi) is 2.90. The molecule has 1 saturated carbocycles. The van der Waals surface area contributed by atoms with Crippen LogP contribution in [0.2, 0.25) is 0 Å². The van der Waals surface area contributed by atoms with E-state index in [2.05, 4.69) is 5.10 Å². The molecule has 1 aliphatic carbocycles. The average Bonchev–Trinajstić information content (AvgIpc) is 2.93. The molecule has 0 amide bonds. The predicted molar refractivity (Wildman–Crippen MR) is 54.2 cm³/mol. The number of aromatic nitrogens is 2. The van der Waals surface area contributed by atoms with Crippen molar-refractivity contribution in [2.45, 2.75) is 37.9 Å². The monoisotopic (exact) mass is 252 g/mol. The summed E-state index contributed by atoms with van der Waals surface area (Å²) >= 11 is 5.50. The van der Waals surface area contributed by atoms with Gasteiger partial charge in [-0.3, -0.25) is 4.68 Å². The lowest BCUT2D eigenvalue weighted by molar-refractivity contribution is -0.145. The molecule has 0 radical (unpaired) electrons. The maximum absolute atomic E-state index is 12.9. The normalized spacial score (nSPS) is 18.8. The highest BCUT2D eigenvalue weighted by Crippen LogP contribution is 2.42. The minimum Gasteiger partial charge on any atom is -0.257 e. The van der Waals surface area contributed by atoms with Crippen molar-refractivity contribution in [3.8, 4) is 0 Å². The van der Waals surface area contributed by atoms with Crippen molar-refractivity contribution in [1.29, 1.82) is 0 Å². The lowest BCUT2D eigenvalue weighted by atomic mass is 10.2. The van der Waals surface area contributed by atoms with E-state index in [1.54, 1.807) is 6.92 Å². The second kappa shape index (κ2) is 3.95. The SMILES string of the molecule is CC(C1CC1)n1ncc(CCl)c1C(F)(F)F. The van der Waals surface area contributed by atoms with Gasteiger partial charge in [0, 0.05) is 5.56 Å². The fraction of sp³-hybridized carbons (Fsp3) is 0.700. The van der Waals surface area contributed by atoms with E-state index in [0.29, 0.717) is 5.92 Å². The third kappa shape index (κ3) is 2.05. The fourth-order valence-corrected chi connectivity index (χ4v) is 2.09. The van der Waals surface area contributed by atoms with Crippen LogP contribution in [0.5, 0.6) is 0 Å². The Morgan fingerprint density at radius 1 is 1.56 bits per heavy atom. The second-order valence-corrected chi connectivity index (χ2v) is 4.44. The summed E-state index contributed by atoms with van der Waals surface area (Å²) < 4.78 is 39.6. The van der Waals surface area contributed by atoms with Crippen molar-refractivity contribution in [3.05, 3.63) is 17.5 Å². The molecule has 0 N–H and O–H groups in total. The van der Waals surface area contributed by atoms with Crippen LogP contribution in [0.4, 0.5) is 13.2 Å². The van der Waals surface area contributed by atoms with Gasteiger partial charge in [0.05, 0.1) is 18.1 Å². The largest absolute Gasteiger partial charge is 0.433 e. The minimum absolute atomic E-state index is 0.0571. The van der Waals surface area contributed by atoms with E-state index in [1.807, 2.05) is 0 Å². The lowest BCUT2D eigenvalue weighted by Crippen LogP contribution is -2.20. The molecule has 0 aromatic carbocycles. The van der Waals surface area contributed by atoms with Crippen LogP contribution >= 0.6 is 11.6 Å². The lowest BCUT2D eigenvalue weighted by Gasteiger charge is -2.17. The van der Waals surface area contributed by atoms with Gasteiger partial charge in [0.25, 0.3) is 0 Å². The quantitative estimate of drug-likeness (QED) is 0.752. The van der Waals surface area contributed by atoms with Crippen molar-refractivity contribution < 1.29 is 13.2 Å². The summed E-state index contributed by atoms with van der Waals surface area (Å²) in [5.74, 6) is 0.163. The molecule has 16 heavy (non-hydrogen) atoms. The third-order valence-corrected chi connectivity index (χ3v) is 3.26. The summed E-state index contributed by atoms with van der Waals surface area (Å²) in [7, 11) is 0. The highest BCUT2D eigenvalue weighted by molar-refractivity contribution is 6.17. The van der Waals surface area contributed by atoms with Gasteiger partial charge in [-0.2, -0.15) is 18.3 Å². The standard InChI is InChI=1S/C10H12ClF3N2/c1-6(7-2-3-7)16-9(10(12,13)14)8(4-11)5-15-16/h5-7H,2-4H2,1H3. The molecule has 1 unspecified atom stereocenters. The van der Waals surface area contributed by atoms with Crippen LogP contribution in [-0.4, -0.2) is 9.78 Å². The summed E-state index contributed by atoms with van der Waals surface area (Å²) in [5.41, 5.74) is -0.636. The molecule has 0 aliphatic heterocycles. The molecule has 6 heteroatoms. The summed E-state index contributed by atoms with van der Waals surface area (Å²) in [6.45, 7) is 1.78. The second-order valence-electron chi connectivity index (χ2n) is 4.17. The zero-order valence-corrected chi connectivity index (χ0v) is 9.52. The van der Waals surface area contributed by atoms with E-state index in [4.69, 9.17) is 11.6 Å². The third-order valence-electron chi connectivity index (χ3n) is 2.97. The van der Waals surface area contributed by atoms with Gasteiger partial charge in [-0.05, 0) is 25.7 Å².